The largest absolute Gasteiger partial charge is 0.772 e. The average Bonchev–Trinajstić information content (AvgIpc) is 4.12. The molecule has 61 heavy (non-hydrogen) atoms. The number of hydrogen-bond donors (Lipinski definition) is 3. The van der Waals surface area contributed by atoms with Gasteiger partial charge in [-0.25, -0.2) is 14.8 Å². The molecule has 0 saturated carbocycles. The van der Waals surface area contributed by atoms with Gasteiger partial charge in [-0.3, -0.25) is 18.0 Å². The normalized spacial score (nSPS) is 20.2. The number of imidazole rings is 2. The maximum atomic E-state index is 14.2. The number of alkyl carbamates (subject to hydrolysis) is 1. The third-order valence-electron chi connectivity index (χ3n) is 11.4. The first-order chi connectivity index (χ1) is 29.6. The molecule has 314 valence electrons. The molecule has 3 unspecified atom stereocenters. The van der Waals surface area contributed by atoms with Crippen LogP contribution in [0.4, 0.5) is 4.79 Å². The second-order valence-corrected chi connectivity index (χ2v) is 18.1. The smallest absolute Gasteiger partial charge is 0.407 e. The molecule has 0 bridgehead atoms. The highest BCUT2D eigenvalue weighted by Gasteiger charge is 2.43. The maximum Gasteiger partial charge on any atom is 0.407 e. The summed E-state index contributed by atoms with van der Waals surface area (Å²) < 4.78 is 41.5. The number of hydrogen-bond acceptors (Lipinski definition) is 9. The molecule has 0 aliphatic carbocycles. The lowest BCUT2D eigenvalue weighted by Crippen LogP contribution is -2.43. The van der Waals surface area contributed by atoms with E-state index in [4.69, 9.17) is 4.74 Å². The number of nitrogens with one attached hydrogen (secondary N) is 3. The van der Waals surface area contributed by atoms with Crippen LogP contribution < -0.4 is 5.32 Å². The van der Waals surface area contributed by atoms with Crippen molar-refractivity contribution in [2.75, 3.05) is 26.5 Å². The topological polar surface area (TPSA) is 194 Å². The minimum atomic E-state index is -2.32. The second-order valence-electron chi connectivity index (χ2n) is 15.2. The van der Waals surface area contributed by atoms with Gasteiger partial charge in [0.05, 0.1) is 54.6 Å². The van der Waals surface area contributed by atoms with Crippen LogP contribution in [-0.2, 0) is 42.6 Å². The number of aromatic nitrogens is 4. The van der Waals surface area contributed by atoms with Crippen LogP contribution in [0.3, 0.4) is 0 Å². The Balaban J connectivity index is 0.959. The van der Waals surface area contributed by atoms with Gasteiger partial charge in [0.2, 0.25) is 5.91 Å². The summed E-state index contributed by atoms with van der Waals surface area (Å²) in [5.74, 6) is 0.605. The molecule has 2 saturated heterocycles. The number of benzene rings is 4. The Labute approximate surface area is 357 Å². The highest BCUT2D eigenvalue weighted by molar-refractivity contribution is 7.84. The van der Waals surface area contributed by atoms with Crippen molar-refractivity contribution in [3.8, 4) is 33.6 Å². The number of rotatable bonds is 12. The zero-order chi connectivity index (χ0) is 42.6. The minimum absolute atomic E-state index is 0.118. The Morgan fingerprint density at radius 3 is 1.75 bits per heavy atom. The number of carbonyl (C=O) groups excluding carboxylic acids is 3. The molecule has 4 aromatic carbocycles. The molecule has 2 aliphatic rings. The van der Waals surface area contributed by atoms with Gasteiger partial charge in [-0.1, -0.05) is 120 Å². The van der Waals surface area contributed by atoms with E-state index >= 15 is 0 Å². The number of amides is 3. The van der Waals surface area contributed by atoms with Crippen LogP contribution in [0.2, 0.25) is 0 Å². The SMILES string of the molecule is COC(=O)N[C@H](C(=O)N1C[C@@H](S(C)=O)C[C@H]1c1ncc(-c2ccc(-c3ccc(-c4cnc([C@@H]5CC(S(=O)[O-])CN5C(=O)Cc5ccccc5)[nH]4)cc3)cc2)[nH]1)c1ccccc1. The molecule has 0 spiro atoms. The van der Waals surface area contributed by atoms with Gasteiger partial charge in [-0.05, 0) is 46.2 Å². The summed E-state index contributed by atoms with van der Waals surface area (Å²) in [6, 6.07) is 32.3. The summed E-state index contributed by atoms with van der Waals surface area (Å²) in [5, 5.41) is 1.72. The molecule has 6 aromatic rings. The summed E-state index contributed by atoms with van der Waals surface area (Å²) in [4.78, 5) is 59.2. The number of nitrogens with zero attached hydrogens (tertiary/aromatic N) is 4. The van der Waals surface area contributed by atoms with Crippen LogP contribution in [-0.4, -0.2) is 97.6 Å². The summed E-state index contributed by atoms with van der Waals surface area (Å²) in [6.07, 6.45) is 5.21. The molecule has 0 radical (unpaired) electrons. The van der Waals surface area contributed by atoms with E-state index in [2.05, 4.69) is 25.3 Å². The molecule has 8 rings (SSSR count). The Morgan fingerprint density at radius 2 is 1.23 bits per heavy atom. The number of ether oxygens (including phenoxy) is 1. The van der Waals surface area contributed by atoms with E-state index < -0.39 is 51.3 Å². The van der Waals surface area contributed by atoms with E-state index in [-0.39, 0.29) is 43.0 Å². The Hall–Kier alpha value is -6.23. The van der Waals surface area contributed by atoms with Gasteiger partial charge in [-0.15, -0.1) is 0 Å². The van der Waals surface area contributed by atoms with Crippen molar-refractivity contribution >= 4 is 39.8 Å². The third-order valence-corrected chi connectivity index (χ3v) is 13.6. The molecule has 2 aromatic heterocycles. The summed E-state index contributed by atoms with van der Waals surface area (Å²) in [6.45, 7) is 0.360. The van der Waals surface area contributed by atoms with Crippen LogP contribution in [0, 0.1) is 0 Å². The van der Waals surface area contributed by atoms with Crippen LogP contribution >= 0.6 is 0 Å². The first-order valence-corrected chi connectivity index (χ1v) is 22.6. The summed E-state index contributed by atoms with van der Waals surface area (Å²) in [5.41, 5.74) is 6.71. The van der Waals surface area contributed by atoms with Crippen molar-refractivity contribution in [3.63, 3.8) is 0 Å². The first-order valence-electron chi connectivity index (χ1n) is 19.8. The van der Waals surface area contributed by atoms with Crippen molar-refractivity contribution in [2.24, 2.45) is 0 Å². The molecule has 16 heteroatoms. The summed E-state index contributed by atoms with van der Waals surface area (Å²) >= 11 is -2.32. The van der Waals surface area contributed by atoms with Gasteiger partial charge < -0.3 is 34.4 Å². The van der Waals surface area contributed by atoms with Crippen LogP contribution in [0.25, 0.3) is 33.6 Å². The molecule has 7 atom stereocenters. The summed E-state index contributed by atoms with van der Waals surface area (Å²) in [7, 11) is 0.0415. The average molecular weight is 859 g/mol. The van der Waals surface area contributed by atoms with Crippen LogP contribution in [0.1, 0.15) is 53.7 Å². The fraction of sp³-hybridized carbons (Fsp3) is 0.267. The zero-order valence-corrected chi connectivity index (χ0v) is 35.1. The highest BCUT2D eigenvalue weighted by atomic mass is 32.2. The second kappa shape index (κ2) is 18.2. The Kier molecular flexibility index (Phi) is 12.4. The highest BCUT2D eigenvalue weighted by Crippen LogP contribution is 2.37. The molecule has 3 amide bonds. The number of aromatic amines is 2. The van der Waals surface area contributed by atoms with E-state index in [1.165, 1.54) is 7.11 Å². The maximum absolute atomic E-state index is 14.2. The lowest BCUT2D eigenvalue weighted by Gasteiger charge is -2.28. The first kappa shape index (κ1) is 41.5. The number of likely N-dealkylation sites (tertiary alicyclic amines) is 2. The van der Waals surface area contributed by atoms with E-state index in [0.717, 1.165) is 39.2 Å². The van der Waals surface area contributed by atoms with E-state index in [1.807, 2.05) is 84.9 Å². The molecule has 14 nitrogen and oxygen atoms in total. The Morgan fingerprint density at radius 1 is 0.738 bits per heavy atom. The molecule has 3 N–H and O–H groups in total. The number of carbonyl (C=O) groups is 3. The lowest BCUT2D eigenvalue weighted by molar-refractivity contribution is -0.134. The van der Waals surface area contributed by atoms with E-state index in [9.17, 15) is 27.4 Å². The number of H-pyrrole nitrogens is 2. The van der Waals surface area contributed by atoms with Gasteiger partial charge in [-0.2, -0.15) is 0 Å². The molecular formula is C45H44N7O7S2-. The van der Waals surface area contributed by atoms with Crippen molar-refractivity contribution in [1.29, 1.82) is 0 Å². The van der Waals surface area contributed by atoms with Crippen molar-refractivity contribution in [3.05, 3.63) is 144 Å². The van der Waals surface area contributed by atoms with E-state index in [0.29, 0.717) is 23.6 Å². The Bertz CT molecular complexity index is 2550. The molecular weight excluding hydrogens is 815 g/mol. The number of methoxy groups -OCH3 is 1. The van der Waals surface area contributed by atoms with Gasteiger partial charge in [0.15, 0.2) is 0 Å². The van der Waals surface area contributed by atoms with Crippen LogP contribution in [0.15, 0.2) is 122 Å². The quantitative estimate of drug-likeness (QED) is 0.124. The third kappa shape index (κ3) is 9.11. The van der Waals surface area contributed by atoms with Gasteiger partial charge in [0.1, 0.15) is 17.7 Å². The van der Waals surface area contributed by atoms with Crippen molar-refractivity contribution < 1.29 is 32.1 Å². The molecule has 2 aliphatic heterocycles. The fourth-order valence-electron chi connectivity index (χ4n) is 8.15. The molecule has 4 heterocycles. The van der Waals surface area contributed by atoms with Gasteiger partial charge in [0, 0.05) is 35.4 Å². The predicted molar refractivity (Wildman–Crippen MR) is 231 cm³/mol. The molecule has 2 fully saturated rings. The minimum Gasteiger partial charge on any atom is -0.772 e. The van der Waals surface area contributed by atoms with Gasteiger partial charge in [0.25, 0.3) is 5.91 Å². The standard InChI is InChI=1S/C45H45N7O7S2/c1-59-45(55)50-41(33-11-7-4-8-12-33)44(54)52-26-34(60(2)56)22-39(52)43-47-25-37(49-43)32-19-15-30(16-20-32)29-13-17-31(18-14-29)36-24-46-42(48-36)38-23-35(61(57)58)27-51(38)40(53)21-28-9-5-3-6-10-28/h3-20,24-25,34-35,38-39,41H,21-23,26-27H2,1-2H3,(H,46,48)(H,47,49)(H,50,55)(H,57,58)/p-1/t34-,35?,38-,39-,41-,60?/m0/s1. The van der Waals surface area contributed by atoms with Crippen molar-refractivity contribution in [1.82, 2.24) is 35.1 Å². The zero-order valence-electron chi connectivity index (χ0n) is 33.4. The monoisotopic (exact) mass is 858 g/mol. The van der Waals surface area contributed by atoms with Gasteiger partial charge >= 0.3 is 6.09 Å². The lowest BCUT2D eigenvalue weighted by atomic mass is 10.0. The van der Waals surface area contributed by atoms with Crippen LogP contribution in [0.5, 0.6) is 0 Å². The van der Waals surface area contributed by atoms with E-state index in [1.54, 1.807) is 52.7 Å². The fourth-order valence-corrected chi connectivity index (χ4v) is 9.60. The van der Waals surface area contributed by atoms with Crippen molar-refractivity contribution in [2.45, 2.75) is 47.9 Å². The predicted octanol–water partition coefficient (Wildman–Crippen LogP) is 6.02.